The molecule has 2 aromatic carbocycles. The molecule has 0 saturated carbocycles. The molecule has 1 unspecified atom stereocenters. The second kappa shape index (κ2) is 9.51. The lowest BCUT2D eigenvalue weighted by atomic mass is 10.1. The second-order valence-electron chi connectivity index (χ2n) is 7.83. The maximum atomic E-state index is 12.8. The molecular weight excluding hydrogens is 460 g/mol. The lowest BCUT2D eigenvalue weighted by Crippen LogP contribution is -2.36. The van der Waals surface area contributed by atoms with E-state index in [9.17, 15) is 14.4 Å². The Kier molecular flexibility index (Phi) is 6.56. The third-order valence-corrected chi connectivity index (χ3v) is 6.37. The molecule has 162 valence electrons. The van der Waals surface area contributed by atoms with Crippen LogP contribution in [0.1, 0.15) is 24.8 Å². The van der Waals surface area contributed by atoms with Crippen LogP contribution in [-0.4, -0.2) is 42.4 Å². The van der Waals surface area contributed by atoms with E-state index in [-0.39, 0.29) is 17.8 Å². The van der Waals surface area contributed by atoms with Crippen LogP contribution in [0.3, 0.4) is 0 Å². The largest absolute Gasteiger partial charge is 0.351 e. The maximum Gasteiger partial charge on any atom is 0.321 e. The number of amides is 4. The molecule has 4 rings (SSSR count). The Morgan fingerprint density at radius 3 is 2.58 bits per heavy atom. The fourth-order valence-corrected chi connectivity index (χ4v) is 4.53. The number of carbonyl (C=O) groups excluding carboxylic acids is 3. The molecule has 31 heavy (non-hydrogen) atoms. The summed E-state index contributed by atoms with van der Waals surface area (Å²) in [5.41, 5.74) is 2.34. The number of hydrogen-bond donors (Lipinski definition) is 2. The zero-order valence-corrected chi connectivity index (χ0v) is 18.7. The van der Waals surface area contributed by atoms with Crippen molar-refractivity contribution in [2.75, 3.05) is 29.9 Å². The number of para-hydroxylation sites is 1. The van der Waals surface area contributed by atoms with Crippen LogP contribution in [0.2, 0.25) is 0 Å². The zero-order valence-electron chi connectivity index (χ0n) is 17.1. The first-order chi connectivity index (χ1) is 15.0. The van der Waals surface area contributed by atoms with Crippen molar-refractivity contribution in [1.82, 2.24) is 10.2 Å². The van der Waals surface area contributed by atoms with Gasteiger partial charge in [-0.1, -0.05) is 24.3 Å². The minimum Gasteiger partial charge on any atom is -0.351 e. The Hall–Kier alpha value is -2.87. The number of hydrogen-bond acceptors (Lipinski definition) is 3. The normalized spacial score (nSPS) is 18.4. The lowest BCUT2D eigenvalue weighted by molar-refractivity contribution is -0.132. The van der Waals surface area contributed by atoms with Crippen molar-refractivity contribution in [1.29, 1.82) is 0 Å². The van der Waals surface area contributed by atoms with Gasteiger partial charge in [0.2, 0.25) is 11.8 Å². The highest BCUT2D eigenvalue weighted by molar-refractivity contribution is 9.10. The number of nitrogens with zero attached hydrogens (tertiary/aromatic N) is 2. The van der Waals surface area contributed by atoms with Gasteiger partial charge in [-0.2, -0.15) is 0 Å². The first-order valence-corrected chi connectivity index (χ1v) is 11.3. The van der Waals surface area contributed by atoms with Crippen LogP contribution in [-0.2, 0) is 16.1 Å². The SMILES string of the molecule is O=C(NCc1cccc(NC(=O)N2CCCC2)c1)C1CCN(c2ccccc2Br)C1=O. The molecule has 2 aliphatic heterocycles. The minimum atomic E-state index is -0.690. The molecule has 2 heterocycles. The molecule has 2 N–H and O–H groups in total. The first-order valence-electron chi connectivity index (χ1n) is 10.5. The molecule has 8 heteroatoms. The van der Waals surface area contributed by atoms with E-state index in [0.717, 1.165) is 41.7 Å². The van der Waals surface area contributed by atoms with Crippen LogP contribution < -0.4 is 15.5 Å². The first kappa shape index (κ1) is 21.4. The molecule has 2 saturated heterocycles. The van der Waals surface area contributed by atoms with E-state index in [2.05, 4.69) is 26.6 Å². The summed E-state index contributed by atoms with van der Waals surface area (Å²) >= 11 is 3.47. The molecule has 1 atom stereocenters. The molecule has 0 spiro atoms. The summed E-state index contributed by atoms with van der Waals surface area (Å²) in [4.78, 5) is 41.2. The van der Waals surface area contributed by atoms with Crippen molar-refractivity contribution in [3.05, 3.63) is 58.6 Å². The van der Waals surface area contributed by atoms with E-state index in [1.807, 2.05) is 48.5 Å². The van der Waals surface area contributed by atoms with Gasteiger partial charge in [0.05, 0.1) is 5.69 Å². The number of halogens is 1. The van der Waals surface area contributed by atoms with Gasteiger partial charge in [-0.15, -0.1) is 0 Å². The number of urea groups is 1. The number of rotatable bonds is 5. The van der Waals surface area contributed by atoms with E-state index >= 15 is 0 Å². The van der Waals surface area contributed by atoms with Gasteiger partial charge in [0.15, 0.2) is 0 Å². The van der Waals surface area contributed by atoms with Crippen molar-refractivity contribution >= 4 is 45.2 Å². The summed E-state index contributed by atoms with van der Waals surface area (Å²) < 4.78 is 0.831. The van der Waals surface area contributed by atoms with Crippen LogP contribution in [0, 0.1) is 5.92 Å². The number of benzene rings is 2. The molecule has 2 aliphatic rings. The maximum absolute atomic E-state index is 12.8. The Morgan fingerprint density at radius 2 is 1.81 bits per heavy atom. The molecule has 7 nitrogen and oxygen atoms in total. The molecule has 0 aromatic heterocycles. The number of nitrogens with one attached hydrogen (secondary N) is 2. The summed E-state index contributed by atoms with van der Waals surface area (Å²) in [5.74, 6) is -1.15. The van der Waals surface area contributed by atoms with Gasteiger partial charge in [-0.3, -0.25) is 9.59 Å². The van der Waals surface area contributed by atoms with E-state index in [4.69, 9.17) is 0 Å². The van der Waals surface area contributed by atoms with E-state index in [1.165, 1.54) is 0 Å². The van der Waals surface area contributed by atoms with Crippen LogP contribution in [0.25, 0.3) is 0 Å². The number of carbonyl (C=O) groups is 3. The summed E-state index contributed by atoms with van der Waals surface area (Å²) in [5, 5.41) is 5.78. The lowest BCUT2D eigenvalue weighted by Gasteiger charge is -2.18. The van der Waals surface area contributed by atoms with Gasteiger partial charge in [-0.05, 0) is 65.0 Å². The topological polar surface area (TPSA) is 81.8 Å². The highest BCUT2D eigenvalue weighted by atomic mass is 79.9. The average molecular weight is 485 g/mol. The third-order valence-electron chi connectivity index (χ3n) is 5.70. The Bertz CT molecular complexity index is 990. The van der Waals surface area contributed by atoms with Crippen molar-refractivity contribution in [3.8, 4) is 0 Å². The Labute approximate surface area is 189 Å². The fraction of sp³-hybridized carbons (Fsp3) is 0.348. The smallest absolute Gasteiger partial charge is 0.321 e. The average Bonchev–Trinajstić information content (AvgIpc) is 3.43. The van der Waals surface area contributed by atoms with Crippen molar-refractivity contribution in [2.24, 2.45) is 5.92 Å². The summed E-state index contributed by atoms with van der Waals surface area (Å²) in [7, 11) is 0. The summed E-state index contributed by atoms with van der Waals surface area (Å²) in [6, 6.07) is 14.8. The van der Waals surface area contributed by atoms with Gasteiger partial charge in [-0.25, -0.2) is 4.79 Å². The van der Waals surface area contributed by atoms with Gasteiger partial charge < -0.3 is 20.4 Å². The second-order valence-corrected chi connectivity index (χ2v) is 8.68. The van der Waals surface area contributed by atoms with Crippen LogP contribution >= 0.6 is 15.9 Å². The Morgan fingerprint density at radius 1 is 1.03 bits per heavy atom. The van der Waals surface area contributed by atoms with Gasteiger partial charge in [0.1, 0.15) is 5.92 Å². The molecule has 2 fully saturated rings. The van der Waals surface area contributed by atoms with Crippen molar-refractivity contribution in [3.63, 3.8) is 0 Å². The van der Waals surface area contributed by atoms with E-state index in [1.54, 1.807) is 9.80 Å². The van der Waals surface area contributed by atoms with Crippen LogP contribution in [0.15, 0.2) is 53.0 Å². The summed E-state index contributed by atoms with van der Waals surface area (Å²) in [6.07, 6.45) is 2.56. The van der Waals surface area contributed by atoms with Gasteiger partial charge >= 0.3 is 6.03 Å². The van der Waals surface area contributed by atoms with Gasteiger partial charge in [0.25, 0.3) is 0 Å². The molecular formula is C23H25BrN4O3. The Balaban J connectivity index is 1.33. The third kappa shape index (κ3) is 4.90. The zero-order chi connectivity index (χ0) is 21.8. The fourth-order valence-electron chi connectivity index (χ4n) is 4.03. The predicted molar refractivity (Wildman–Crippen MR) is 123 cm³/mol. The quantitative estimate of drug-likeness (QED) is 0.634. The summed E-state index contributed by atoms with van der Waals surface area (Å²) in [6.45, 7) is 2.38. The van der Waals surface area contributed by atoms with E-state index < -0.39 is 5.92 Å². The number of anilines is 2. The van der Waals surface area contributed by atoms with Crippen molar-refractivity contribution in [2.45, 2.75) is 25.8 Å². The number of likely N-dealkylation sites (tertiary alicyclic amines) is 1. The molecule has 0 bridgehead atoms. The highest BCUT2D eigenvalue weighted by Gasteiger charge is 2.38. The van der Waals surface area contributed by atoms with Gasteiger partial charge in [0, 0.05) is 36.3 Å². The molecule has 4 amide bonds. The molecule has 0 aliphatic carbocycles. The van der Waals surface area contributed by atoms with Crippen LogP contribution in [0.4, 0.5) is 16.2 Å². The standard InChI is InChI=1S/C23H25BrN4O3/c24-19-8-1-2-9-20(19)28-13-10-18(22(28)30)21(29)25-15-16-6-5-7-17(14-16)26-23(31)27-11-3-4-12-27/h1-2,5-9,14,18H,3-4,10-13,15H2,(H,25,29)(H,26,31). The van der Waals surface area contributed by atoms with E-state index in [0.29, 0.717) is 25.2 Å². The van der Waals surface area contributed by atoms with Crippen molar-refractivity contribution < 1.29 is 14.4 Å². The molecule has 2 aromatic rings. The highest BCUT2D eigenvalue weighted by Crippen LogP contribution is 2.31. The minimum absolute atomic E-state index is 0.0950. The predicted octanol–water partition coefficient (Wildman–Crippen LogP) is 3.75. The monoisotopic (exact) mass is 484 g/mol. The van der Waals surface area contributed by atoms with Crippen LogP contribution in [0.5, 0.6) is 0 Å². The molecule has 0 radical (unpaired) electrons.